The second-order valence-electron chi connectivity index (χ2n) is 6.08. The van der Waals surface area contributed by atoms with E-state index in [9.17, 15) is 23.5 Å². The number of amides is 2. The van der Waals surface area contributed by atoms with E-state index in [0.29, 0.717) is 11.8 Å². The Bertz CT molecular complexity index is 999. The normalized spacial score (nSPS) is 10.5. The molecule has 6 nitrogen and oxygen atoms in total. The van der Waals surface area contributed by atoms with Crippen molar-refractivity contribution in [1.29, 1.82) is 0 Å². The highest BCUT2D eigenvalue weighted by atomic mass is 19.1. The standard InChI is InChI=1S/C20H16F2N2O4/c1-24(11-16-3-2-6-28-16)20(27)17-5-4-15(10-18(17)25)23-19(26)12-7-13(21)9-14(22)8-12/h2-10,25H,11H2,1H3,(H,23,26). The number of carbonyl (C=O) groups is 2. The van der Waals surface area contributed by atoms with Crippen molar-refractivity contribution in [3.05, 3.63) is 83.3 Å². The van der Waals surface area contributed by atoms with Crippen LogP contribution in [-0.4, -0.2) is 28.9 Å². The van der Waals surface area contributed by atoms with Crippen molar-refractivity contribution in [3.8, 4) is 5.75 Å². The first kappa shape index (κ1) is 19.1. The maximum Gasteiger partial charge on any atom is 0.257 e. The molecule has 0 aliphatic carbocycles. The Morgan fingerprint density at radius 1 is 1.11 bits per heavy atom. The van der Waals surface area contributed by atoms with Crippen LogP contribution in [0.15, 0.2) is 59.2 Å². The zero-order valence-electron chi connectivity index (χ0n) is 14.8. The molecule has 8 heteroatoms. The lowest BCUT2D eigenvalue weighted by atomic mass is 10.1. The van der Waals surface area contributed by atoms with Gasteiger partial charge in [0.05, 0.1) is 18.4 Å². The van der Waals surface area contributed by atoms with Crippen molar-refractivity contribution < 1.29 is 27.9 Å². The minimum Gasteiger partial charge on any atom is -0.507 e. The third-order valence-corrected chi connectivity index (χ3v) is 3.93. The van der Waals surface area contributed by atoms with E-state index >= 15 is 0 Å². The lowest BCUT2D eigenvalue weighted by Crippen LogP contribution is -2.26. The number of benzene rings is 2. The molecule has 1 heterocycles. The van der Waals surface area contributed by atoms with E-state index in [4.69, 9.17) is 4.42 Å². The number of rotatable bonds is 5. The van der Waals surface area contributed by atoms with Crippen LogP contribution in [0.4, 0.5) is 14.5 Å². The van der Waals surface area contributed by atoms with Crippen LogP contribution < -0.4 is 5.32 Å². The summed E-state index contributed by atoms with van der Waals surface area (Å²) in [6.45, 7) is 0.217. The maximum atomic E-state index is 13.2. The number of phenols is 1. The fourth-order valence-electron chi connectivity index (χ4n) is 2.59. The van der Waals surface area contributed by atoms with Gasteiger partial charge < -0.3 is 19.7 Å². The van der Waals surface area contributed by atoms with Crippen LogP contribution in [0.1, 0.15) is 26.5 Å². The molecule has 1 aromatic heterocycles. The molecule has 0 unspecified atom stereocenters. The van der Waals surface area contributed by atoms with Gasteiger partial charge in [-0.2, -0.15) is 0 Å². The van der Waals surface area contributed by atoms with Crippen molar-refractivity contribution in [2.45, 2.75) is 6.54 Å². The summed E-state index contributed by atoms with van der Waals surface area (Å²) in [4.78, 5) is 26.0. The monoisotopic (exact) mass is 386 g/mol. The fourth-order valence-corrected chi connectivity index (χ4v) is 2.59. The highest BCUT2D eigenvalue weighted by molar-refractivity contribution is 6.05. The molecular formula is C20H16F2N2O4. The lowest BCUT2D eigenvalue weighted by Gasteiger charge is -2.17. The van der Waals surface area contributed by atoms with Crippen LogP contribution in [-0.2, 0) is 6.54 Å². The number of halogens is 2. The zero-order valence-corrected chi connectivity index (χ0v) is 14.8. The molecule has 2 N–H and O–H groups in total. The van der Waals surface area contributed by atoms with Gasteiger partial charge >= 0.3 is 0 Å². The quantitative estimate of drug-likeness (QED) is 0.699. The molecule has 0 saturated carbocycles. The van der Waals surface area contributed by atoms with Gasteiger partial charge in [-0.3, -0.25) is 9.59 Å². The van der Waals surface area contributed by atoms with E-state index in [-0.39, 0.29) is 29.1 Å². The molecule has 3 aromatic rings. The summed E-state index contributed by atoms with van der Waals surface area (Å²) in [5.74, 6) is -2.73. The summed E-state index contributed by atoms with van der Waals surface area (Å²) >= 11 is 0. The Kier molecular flexibility index (Phi) is 5.39. The SMILES string of the molecule is CN(Cc1ccco1)C(=O)c1ccc(NC(=O)c2cc(F)cc(F)c2)cc1O. The largest absolute Gasteiger partial charge is 0.507 e. The molecule has 0 bridgehead atoms. The number of aromatic hydroxyl groups is 1. The predicted octanol–water partition coefficient (Wildman–Crippen LogP) is 3.79. The molecule has 0 atom stereocenters. The second kappa shape index (κ2) is 7.91. The Morgan fingerprint density at radius 2 is 1.82 bits per heavy atom. The van der Waals surface area contributed by atoms with E-state index < -0.39 is 23.4 Å². The van der Waals surface area contributed by atoms with Crippen LogP contribution in [0, 0.1) is 11.6 Å². The van der Waals surface area contributed by atoms with Crippen molar-refractivity contribution in [2.24, 2.45) is 0 Å². The number of phenolic OH excluding ortho intramolecular Hbond substituents is 1. The van der Waals surface area contributed by atoms with Crippen molar-refractivity contribution >= 4 is 17.5 Å². The van der Waals surface area contributed by atoms with Crippen LogP contribution in [0.3, 0.4) is 0 Å². The Hall–Kier alpha value is -3.68. The van der Waals surface area contributed by atoms with E-state index in [0.717, 1.165) is 12.1 Å². The number of nitrogens with zero attached hydrogens (tertiary/aromatic N) is 1. The number of hydrogen-bond donors (Lipinski definition) is 2. The lowest BCUT2D eigenvalue weighted by molar-refractivity contribution is 0.0772. The van der Waals surface area contributed by atoms with Gasteiger partial charge in [0.1, 0.15) is 23.1 Å². The third kappa shape index (κ3) is 4.35. The number of hydrogen-bond acceptors (Lipinski definition) is 4. The van der Waals surface area contributed by atoms with Crippen LogP contribution >= 0.6 is 0 Å². The van der Waals surface area contributed by atoms with Gasteiger partial charge in [-0.1, -0.05) is 0 Å². The Labute approximate surface area is 159 Å². The summed E-state index contributed by atoms with van der Waals surface area (Å²) < 4.78 is 31.7. The highest BCUT2D eigenvalue weighted by Gasteiger charge is 2.18. The van der Waals surface area contributed by atoms with Crippen LogP contribution in [0.5, 0.6) is 5.75 Å². The van der Waals surface area contributed by atoms with Gasteiger partial charge in [-0.15, -0.1) is 0 Å². The first-order valence-electron chi connectivity index (χ1n) is 8.22. The van der Waals surface area contributed by atoms with Gasteiger partial charge in [-0.25, -0.2) is 8.78 Å². The van der Waals surface area contributed by atoms with Crippen molar-refractivity contribution in [1.82, 2.24) is 4.90 Å². The smallest absolute Gasteiger partial charge is 0.257 e. The molecule has 0 saturated heterocycles. The van der Waals surface area contributed by atoms with E-state index in [1.165, 1.54) is 29.4 Å². The van der Waals surface area contributed by atoms with Gasteiger partial charge in [0.25, 0.3) is 11.8 Å². The molecule has 3 rings (SSSR count). The van der Waals surface area contributed by atoms with Crippen molar-refractivity contribution in [2.75, 3.05) is 12.4 Å². The van der Waals surface area contributed by atoms with Crippen molar-refractivity contribution in [3.63, 3.8) is 0 Å². The summed E-state index contributed by atoms with van der Waals surface area (Å²) in [5, 5.41) is 12.6. The number of carbonyl (C=O) groups excluding carboxylic acids is 2. The molecule has 0 radical (unpaired) electrons. The maximum absolute atomic E-state index is 13.2. The fraction of sp³-hybridized carbons (Fsp3) is 0.100. The van der Waals surface area contributed by atoms with Gasteiger partial charge in [-0.05, 0) is 36.4 Å². The molecule has 0 aliphatic heterocycles. The first-order valence-corrected chi connectivity index (χ1v) is 8.22. The molecule has 28 heavy (non-hydrogen) atoms. The van der Waals surface area contributed by atoms with E-state index in [2.05, 4.69) is 5.32 Å². The molecular weight excluding hydrogens is 370 g/mol. The predicted molar refractivity (Wildman–Crippen MR) is 96.9 cm³/mol. The van der Waals surface area contributed by atoms with E-state index in [1.54, 1.807) is 19.2 Å². The molecule has 0 aliphatic rings. The molecule has 0 spiro atoms. The highest BCUT2D eigenvalue weighted by Crippen LogP contribution is 2.24. The first-order chi connectivity index (χ1) is 13.3. The zero-order chi connectivity index (χ0) is 20.3. The van der Waals surface area contributed by atoms with Crippen LogP contribution in [0.2, 0.25) is 0 Å². The topological polar surface area (TPSA) is 82.8 Å². The summed E-state index contributed by atoms with van der Waals surface area (Å²) in [5.41, 5.74) is -0.0170. The van der Waals surface area contributed by atoms with Gasteiger partial charge in [0.15, 0.2) is 0 Å². The van der Waals surface area contributed by atoms with Gasteiger partial charge in [0.2, 0.25) is 0 Å². The summed E-state index contributed by atoms with van der Waals surface area (Å²) in [6, 6.07) is 9.78. The Morgan fingerprint density at radius 3 is 2.43 bits per heavy atom. The number of anilines is 1. The minimum atomic E-state index is -0.881. The molecule has 144 valence electrons. The molecule has 2 aromatic carbocycles. The average Bonchev–Trinajstić information content (AvgIpc) is 3.13. The second-order valence-corrected chi connectivity index (χ2v) is 6.08. The van der Waals surface area contributed by atoms with Gasteiger partial charge in [0, 0.05) is 30.4 Å². The minimum absolute atomic E-state index is 0.0313. The van der Waals surface area contributed by atoms with E-state index in [1.807, 2.05) is 0 Å². The van der Waals surface area contributed by atoms with Crippen LogP contribution in [0.25, 0.3) is 0 Å². The summed E-state index contributed by atoms with van der Waals surface area (Å²) in [6.07, 6.45) is 1.49. The molecule has 2 amide bonds. The molecule has 0 fully saturated rings. The summed E-state index contributed by atoms with van der Waals surface area (Å²) in [7, 11) is 1.55. The number of nitrogens with one attached hydrogen (secondary N) is 1. The number of furan rings is 1. The third-order valence-electron chi connectivity index (χ3n) is 3.93. The average molecular weight is 386 g/mol. The Balaban J connectivity index is 1.72.